The molecule has 0 aliphatic carbocycles. The molecule has 2 heterocycles. The van der Waals surface area contributed by atoms with Gasteiger partial charge in [0.1, 0.15) is 0 Å². The number of fused-ring (bicyclic) bond motifs is 1. The van der Waals surface area contributed by atoms with Gasteiger partial charge in [0.25, 0.3) is 0 Å². The van der Waals surface area contributed by atoms with Crippen molar-refractivity contribution in [1.29, 1.82) is 0 Å². The van der Waals surface area contributed by atoms with Crippen molar-refractivity contribution in [2.45, 2.75) is 0 Å². The number of hydrogen-bond donors (Lipinski definition) is 0. The van der Waals surface area contributed by atoms with Crippen LogP contribution in [0.5, 0.6) is 0 Å². The average Bonchev–Trinajstić information content (AvgIpc) is 2.69. The Hall–Kier alpha value is -2.09. The minimum absolute atomic E-state index is 1.21. The van der Waals surface area contributed by atoms with E-state index in [0.29, 0.717) is 0 Å². The first kappa shape index (κ1) is 9.16. The molecule has 2 heteroatoms. The van der Waals surface area contributed by atoms with Crippen LogP contribution in [0.1, 0.15) is 0 Å². The van der Waals surface area contributed by atoms with Crippen molar-refractivity contribution in [3.8, 4) is 11.1 Å². The molecule has 0 N–H and O–H groups in total. The third-order valence-electron chi connectivity index (χ3n) is 2.89. The summed E-state index contributed by atoms with van der Waals surface area (Å²) in [6.07, 6.45) is 5.83. The van der Waals surface area contributed by atoms with Crippen LogP contribution in [0.25, 0.3) is 22.0 Å². The van der Waals surface area contributed by atoms with Gasteiger partial charge >= 0.3 is 0 Å². The fourth-order valence-corrected chi connectivity index (χ4v) is 2.10. The van der Waals surface area contributed by atoms with Gasteiger partial charge in [-0.1, -0.05) is 18.2 Å². The topological polar surface area (TPSA) is 17.8 Å². The SMILES string of the molecule is Cn1cc(-c2ccncc2)c2ccccc21. The highest BCUT2D eigenvalue weighted by Crippen LogP contribution is 2.29. The monoisotopic (exact) mass is 208 g/mol. The molecule has 0 aliphatic heterocycles. The van der Waals surface area contributed by atoms with E-state index in [1.807, 2.05) is 24.5 Å². The van der Waals surface area contributed by atoms with Gasteiger partial charge in [-0.15, -0.1) is 0 Å². The summed E-state index contributed by atoms with van der Waals surface area (Å²) in [6.45, 7) is 0. The predicted molar refractivity (Wildman–Crippen MR) is 66.2 cm³/mol. The number of pyridine rings is 1. The maximum atomic E-state index is 4.05. The van der Waals surface area contributed by atoms with E-state index in [9.17, 15) is 0 Å². The van der Waals surface area contributed by atoms with E-state index in [1.165, 1.54) is 22.0 Å². The lowest BCUT2D eigenvalue weighted by molar-refractivity contribution is 0.970. The molecule has 2 nitrogen and oxygen atoms in total. The van der Waals surface area contributed by atoms with Crippen LogP contribution in [0, 0.1) is 0 Å². The van der Waals surface area contributed by atoms with Gasteiger partial charge in [0.15, 0.2) is 0 Å². The molecule has 1 aromatic carbocycles. The van der Waals surface area contributed by atoms with Gasteiger partial charge in [0.05, 0.1) is 0 Å². The molecule has 78 valence electrons. The second kappa shape index (κ2) is 3.49. The molecular formula is C14H12N2. The Balaban J connectivity index is 2.33. The predicted octanol–water partition coefficient (Wildman–Crippen LogP) is 3.24. The average molecular weight is 208 g/mol. The minimum Gasteiger partial charge on any atom is -0.350 e. The fourth-order valence-electron chi connectivity index (χ4n) is 2.10. The maximum absolute atomic E-state index is 4.05. The summed E-state index contributed by atoms with van der Waals surface area (Å²) < 4.78 is 2.16. The largest absolute Gasteiger partial charge is 0.350 e. The molecule has 0 amide bonds. The highest BCUT2D eigenvalue weighted by Gasteiger charge is 2.06. The summed E-state index contributed by atoms with van der Waals surface area (Å²) in [4.78, 5) is 4.05. The Morgan fingerprint density at radius 1 is 1.00 bits per heavy atom. The number of aromatic nitrogens is 2. The first-order chi connectivity index (χ1) is 7.86. The summed E-state index contributed by atoms with van der Waals surface area (Å²) in [5.74, 6) is 0. The van der Waals surface area contributed by atoms with Gasteiger partial charge in [0.2, 0.25) is 0 Å². The van der Waals surface area contributed by atoms with E-state index in [1.54, 1.807) is 0 Å². The number of aryl methyl sites for hydroxylation is 1. The molecule has 3 rings (SSSR count). The molecule has 0 aliphatic rings. The van der Waals surface area contributed by atoms with E-state index < -0.39 is 0 Å². The molecule has 0 atom stereocenters. The van der Waals surface area contributed by atoms with Gasteiger partial charge in [0, 0.05) is 42.1 Å². The van der Waals surface area contributed by atoms with Crippen LogP contribution in [0.3, 0.4) is 0 Å². The second-order valence-corrected chi connectivity index (χ2v) is 3.91. The Labute approximate surface area is 94.2 Å². The van der Waals surface area contributed by atoms with Crippen LogP contribution in [0.2, 0.25) is 0 Å². The zero-order chi connectivity index (χ0) is 11.0. The molecule has 0 spiro atoms. The highest BCUT2D eigenvalue weighted by molar-refractivity contribution is 5.95. The second-order valence-electron chi connectivity index (χ2n) is 3.91. The summed E-state index contributed by atoms with van der Waals surface area (Å²) in [7, 11) is 2.08. The zero-order valence-corrected chi connectivity index (χ0v) is 9.09. The van der Waals surface area contributed by atoms with Crippen LogP contribution in [0.4, 0.5) is 0 Å². The van der Waals surface area contributed by atoms with Crippen LogP contribution in [-0.2, 0) is 7.05 Å². The van der Waals surface area contributed by atoms with E-state index >= 15 is 0 Å². The van der Waals surface area contributed by atoms with Crippen molar-refractivity contribution in [1.82, 2.24) is 9.55 Å². The summed E-state index contributed by atoms with van der Waals surface area (Å²) >= 11 is 0. The number of hydrogen-bond acceptors (Lipinski definition) is 1. The molecular weight excluding hydrogens is 196 g/mol. The number of nitrogens with zero attached hydrogens (tertiary/aromatic N) is 2. The molecule has 0 saturated heterocycles. The van der Waals surface area contributed by atoms with Gasteiger partial charge < -0.3 is 4.57 Å². The maximum Gasteiger partial charge on any atom is 0.0484 e. The Bertz CT molecular complexity index is 624. The van der Waals surface area contributed by atoms with Gasteiger partial charge in [-0.2, -0.15) is 0 Å². The normalized spacial score (nSPS) is 10.8. The summed E-state index contributed by atoms with van der Waals surface area (Å²) in [5, 5.41) is 1.29. The minimum atomic E-state index is 1.21. The zero-order valence-electron chi connectivity index (χ0n) is 9.09. The smallest absolute Gasteiger partial charge is 0.0484 e. The van der Waals surface area contributed by atoms with Crippen molar-refractivity contribution in [3.05, 3.63) is 55.0 Å². The molecule has 0 bridgehead atoms. The van der Waals surface area contributed by atoms with E-state index in [2.05, 4.69) is 47.1 Å². The third kappa shape index (κ3) is 1.31. The molecule has 0 radical (unpaired) electrons. The Morgan fingerprint density at radius 3 is 2.56 bits per heavy atom. The van der Waals surface area contributed by atoms with E-state index in [4.69, 9.17) is 0 Å². The standard InChI is InChI=1S/C14H12N2/c1-16-10-13(11-6-8-15-9-7-11)12-4-2-3-5-14(12)16/h2-10H,1H3. The number of para-hydroxylation sites is 1. The third-order valence-corrected chi connectivity index (χ3v) is 2.89. The lowest BCUT2D eigenvalue weighted by Gasteiger charge is -1.97. The Morgan fingerprint density at radius 2 is 1.75 bits per heavy atom. The molecule has 0 unspecified atom stereocenters. The molecule has 0 saturated carbocycles. The Kier molecular flexibility index (Phi) is 2.00. The first-order valence-corrected chi connectivity index (χ1v) is 5.31. The summed E-state index contributed by atoms with van der Waals surface area (Å²) in [6, 6.07) is 12.5. The number of benzene rings is 1. The van der Waals surface area contributed by atoms with Crippen LogP contribution in [0.15, 0.2) is 55.0 Å². The van der Waals surface area contributed by atoms with Crippen molar-refractivity contribution in [2.75, 3.05) is 0 Å². The van der Waals surface area contributed by atoms with Crippen molar-refractivity contribution in [2.24, 2.45) is 7.05 Å². The van der Waals surface area contributed by atoms with Crippen molar-refractivity contribution >= 4 is 10.9 Å². The van der Waals surface area contributed by atoms with Gasteiger partial charge in [-0.25, -0.2) is 0 Å². The lowest BCUT2D eigenvalue weighted by atomic mass is 10.1. The molecule has 0 fully saturated rings. The van der Waals surface area contributed by atoms with Crippen molar-refractivity contribution < 1.29 is 0 Å². The molecule has 3 aromatic rings. The van der Waals surface area contributed by atoms with Gasteiger partial charge in [-0.05, 0) is 23.8 Å². The van der Waals surface area contributed by atoms with Crippen LogP contribution in [-0.4, -0.2) is 9.55 Å². The van der Waals surface area contributed by atoms with Crippen LogP contribution >= 0.6 is 0 Å². The van der Waals surface area contributed by atoms with Crippen molar-refractivity contribution in [3.63, 3.8) is 0 Å². The molecule has 16 heavy (non-hydrogen) atoms. The first-order valence-electron chi connectivity index (χ1n) is 5.31. The lowest BCUT2D eigenvalue weighted by Crippen LogP contribution is -1.81. The van der Waals surface area contributed by atoms with Gasteiger partial charge in [-0.3, -0.25) is 4.98 Å². The fraction of sp³-hybridized carbons (Fsp3) is 0.0714. The van der Waals surface area contributed by atoms with Crippen LogP contribution < -0.4 is 0 Å². The highest BCUT2D eigenvalue weighted by atomic mass is 14.9. The quantitative estimate of drug-likeness (QED) is 0.600. The molecule has 2 aromatic heterocycles. The summed E-state index contributed by atoms with van der Waals surface area (Å²) in [5.41, 5.74) is 3.74. The number of rotatable bonds is 1. The van der Waals surface area contributed by atoms with E-state index in [0.717, 1.165) is 0 Å². The van der Waals surface area contributed by atoms with E-state index in [-0.39, 0.29) is 0 Å².